The Labute approximate surface area is 339 Å². The van der Waals surface area contributed by atoms with Crippen molar-refractivity contribution in [3.8, 4) is 0 Å². The van der Waals surface area contributed by atoms with Crippen LogP contribution in [0.2, 0.25) is 0 Å². The maximum absolute atomic E-state index is 14.1. The van der Waals surface area contributed by atoms with E-state index < -0.39 is 68.0 Å². The SMILES string of the molecule is CC(=O)Nc1c(I)c(NC(=O)c2c(I)c(NC(C)=O)c(I)c(C(=O)NC(CO)CO)c2I)c(I)c(C(=O)NC(CO)CO)c1I. The molecule has 2 aromatic rings. The smallest absolute Gasteiger partial charge is 0.257 e. The lowest BCUT2D eigenvalue weighted by atomic mass is 10.1. The minimum atomic E-state index is -0.979. The molecule has 0 aromatic heterocycles. The molecule has 14 nitrogen and oxygen atoms in total. The summed E-state index contributed by atoms with van der Waals surface area (Å²) in [5.74, 6) is -3.01. The molecule has 5 amide bonds. The molecule has 0 spiro atoms. The van der Waals surface area contributed by atoms with E-state index in [1.54, 1.807) is 0 Å². The highest BCUT2D eigenvalue weighted by molar-refractivity contribution is 14.1. The molecule has 0 fully saturated rings. The standard InChI is InChI=1S/C25H25I6N5O9/c1-7(41)32-20-15(27)11(23(43)34-9(3-37)4-38)14(26)12(16(20)28)25(45)36-22-18(30)13(24(44)35-10(5-39)6-40)17(29)21(19(22)31)33-8(2)42/h9-10,37-40H,3-6H2,1-2H3,(H,32,41)(H,33,42)(H,34,43)(H,35,44)(H,36,45). The molecule has 0 aliphatic rings. The van der Waals surface area contributed by atoms with Crippen LogP contribution in [0, 0.1) is 21.4 Å². The molecule has 0 radical (unpaired) electrons. The van der Waals surface area contributed by atoms with Crippen LogP contribution in [0.3, 0.4) is 0 Å². The first kappa shape index (κ1) is 41.2. The highest BCUT2D eigenvalue weighted by Crippen LogP contribution is 2.41. The summed E-state index contributed by atoms with van der Waals surface area (Å²) in [6.45, 7) is 0.394. The molecule has 20 heteroatoms. The van der Waals surface area contributed by atoms with Crippen molar-refractivity contribution < 1.29 is 44.4 Å². The van der Waals surface area contributed by atoms with Gasteiger partial charge in [0, 0.05) is 17.4 Å². The Morgan fingerprint density at radius 1 is 0.489 bits per heavy atom. The summed E-state index contributed by atoms with van der Waals surface area (Å²) in [4.78, 5) is 64.9. The highest BCUT2D eigenvalue weighted by Gasteiger charge is 2.32. The van der Waals surface area contributed by atoms with Crippen LogP contribution in [0.5, 0.6) is 0 Å². The first-order valence-corrected chi connectivity index (χ1v) is 18.9. The fourth-order valence-corrected chi connectivity index (χ4v) is 12.2. The van der Waals surface area contributed by atoms with Gasteiger partial charge in [-0.05, 0) is 136 Å². The van der Waals surface area contributed by atoms with E-state index in [9.17, 15) is 44.4 Å². The average molecular weight is 1300 g/mol. The van der Waals surface area contributed by atoms with Gasteiger partial charge in [0.15, 0.2) is 0 Å². The van der Waals surface area contributed by atoms with Crippen LogP contribution in [0.4, 0.5) is 17.1 Å². The summed E-state index contributed by atoms with van der Waals surface area (Å²) in [6, 6.07) is -1.94. The first-order chi connectivity index (χ1) is 21.0. The van der Waals surface area contributed by atoms with E-state index in [0.717, 1.165) is 0 Å². The number of carbonyl (C=O) groups is 5. The predicted octanol–water partition coefficient (Wildman–Crippen LogP) is 2.65. The van der Waals surface area contributed by atoms with E-state index in [1.165, 1.54) is 13.8 Å². The van der Waals surface area contributed by atoms with E-state index in [-0.39, 0.29) is 40.9 Å². The summed E-state index contributed by atoms with van der Waals surface area (Å²) < 4.78 is 1.81. The molecule has 2 aromatic carbocycles. The molecule has 0 atom stereocenters. The second-order valence-electron chi connectivity index (χ2n) is 9.02. The van der Waals surface area contributed by atoms with Crippen molar-refractivity contribution in [1.82, 2.24) is 10.6 Å². The summed E-state index contributed by atoms with van der Waals surface area (Å²) in [5, 5.41) is 51.1. The largest absolute Gasteiger partial charge is 0.394 e. The van der Waals surface area contributed by atoms with E-state index in [4.69, 9.17) is 0 Å². The Balaban J connectivity index is 2.84. The molecule has 0 unspecified atom stereocenters. The quantitative estimate of drug-likeness (QED) is 0.142. The molecule has 0 heterocycles. The van der Waals surface area contributed by atoms with Gasteiger partial charge in [-0.2, -0.15) is 0 Å². The monoisotopic (exact) mass is 1300 g/mol. The first-order valence-electron chi connectivity index (χ1n) is 12.4. The molecule has 45 heavy (non-hydrogen) atoms. The van der Waals surface area contributed by atoms with Crippen molar-refractivity contribution in [3.05, 3.63) is 38.1 Å². The van der Waals surface area contributed by atoms with Gasteiger partial charge in [0.05, 0.1) is 90.1 Å². The number of hydrogen-bond donors (Lipinski definition) is 9. The zero-order valence-corrected chi connectivity index (χ0v) is 36.0. The summed E-state index contributed by atoms with van der Waals surface area (Å²) in [7, 11) is 0. The Bertz CT molecular complexity index is 1530. The van der Waals surface area contributed by atoms with Crippen molar-refractivity contribution in [2.75, 3.05) is 42.4 Å². The van der Waals surface area contributed by atoms with Crippen LogP contribution in [0.15, 0.2) is 0 Å². The number of benzene rings is 2. The number of amides is 5. The highest BCUT2D eigenvalue weighted by atomic mass is 127. The Morgan fingerprint density at radius 3 is 1.11 bits per heavy atom. The second-order valence-corrected chi connectivity index (χ2v) is 15.5. The maximum Gasteiger partial charge on any atom is 0.257 e. The van der Waals surface area contributed by atoms with Gasteiger partial charge in [-0.3, -0.25) is 24.0 Å². The van der Waals surface area contributed by atoms with Gasteiger partial charge in [-0.25, -0.2) is 0 Å². The molecule has 2 rings (SSSR count). The van der Waals surface area contributed by atoms with Gasteiger partial charge >= 0.3 is 0 Å². The van der Waals surface area contributed by atoms with Crippen molar-refractivity contribution in [2.45, 2.75) is 25.9 Å². The number of rotatable bonds is 12. The fourth-order valence-electron chi connectivity index (χ4n) is 3.60. The van der Waals surface area contributed by atoms with Gasteiger partial charge in [-0.1, -0.05) is 0 Å². The molecular formula is C25H25I6N5O9. The number of anilines is 3. The van der Waals surface area contributed by atoms with Gasteiger partial charge in [0.1, 0.15) is 0 Å². The van der Waals surface area contributed by atoms with Gasteiger partial charge < -0.3 is 47.0 Å². The molecule has 0 aliphatic carbocycles. The fraction of sp³-hybridized carbons (Fsp3) is 0.320. The van der Waals surface area contributed by atoms with E-state index in [2.05, 4.69) is 26.6 Å². The zero-order chi connectivity index (χ0) is 34.3. The predicted molar refractivity (Wildman–Crippen MR) is 217 cm³/mol. The lowest BCUT2D eigenvalue weighted by Crippen LogP contribution is -2.41. The van der Waals surface area contributed by atoms with Crippen molar-refractivity contribution >= 4 is 182 Å². The zero-order valence-electron chi connectivity index (χ0n) is 23.1. The van der Waals surface area contributed by atoms with Crippen LogP contribution in [0.1, 0.15) is 44.9 Å². The average Bonchev–Trinajstić information content (AvgIpc) is 2.96. The Kier molecular flexibility index (Phi) is 17.1. The summed E-state index contributed by atoms with van der Waals surface area (Å²) in [5.41, 5.74) is 0.661. The number of nitrogens with one attached hydrogen (secondary N) is 5. The van der Waals surface area contributed by atoms with Crippen LogP contribution >= 0.6 is 136 Å². The Morgan fingerprint density at radius 2 is 0.778 bits per heavy atom. The van der Waals surface area contributed by atoms with Crippen molar-refractivity contribution in [3.63, 3.8) is 0 Å². The molecular weight excluding hydrogens is 1280 g/mol. The van der Waals surface area contributed by atoms with Gasteiger partial charge in [0.25, 0.3) is 17.7 Å². The Hall–Kier alpha value is 0.01000. The van der Waals surface area contributed by atoms with Crippen LogP contribution < -0.4 is 26.6 Å². The third kappa shape index (κ3) is 10.0. The summed E-state index contributed by atoms with van der Waals surface area (Å²) in [6.07, 6.45) is 0. The number of carbonyl (C=O) groups excluding carboxylic acids is 5. The normalized spacial score (nSPS) is 11.0. The molecule has 0 saturated heterocycles. The van der Waals surface area contributed by atoms with Crippen LogP contribution in [-0.4, -0.2) is 88.5 Å². The molecule has 246 valence electrons. The van der Waals surface area contributed by atoms with Gasteiger partial charge in [-0.15, -0.1) is 0 Å². The number of aliphatic hydroxyl groups excluding tert-OH is 4. The topological polar surface area (TPSA) is 226 Å². The van der Waals surface area contributed by atoms with E-state index >= 15 is 0 Å². The molecule has 0 saturated carbocycles. The van der Waals surface area contributed by atoms with Crippen molar-refractivity contribution in [1.29, 1.82) is 0 Å². The number of halogens is 6. The molecule has 9 N–H and O–H groups in total. The molecule has 0 bridgehead atoms. The third-order valence-corrected chi connectivity index (χ3v) is 12.2. The van der Waals surface area contributed by atoms with Gasteiger partial charge in [0.2, 0.25) is 11.8 Å². The van der Waals surface area contributed by atoms with Crippen LogP contribution in [-0.2, 0) is 9.59 Å². The molecule has 0 aliphatic heterocycles. The van der Waals surface area contributed by atoms with Crippen molar-refractivity contribution in [2.24, 2.45) is 0 Å². The minimum Gasteiger partial charge on any atom is -0.394 e. The minimum absolute atomic E-state index is 0.00733. The lowest BCUT2D eigenvalue weighted by molar-refractivity contribution is -0.115. The third-order valence-electron chi connectivity index (χ3n) is 5.71. The number of hydrogen-bond acceptors (Lipinski definition) is 9. The second kappa shape index (κ2) is 18.7. The van der Waals surface area contributed by atoms with E-state index in [0.29, 0.717) is 14.3 Å². The van der Waals surface area contributed by atoms with Crippen LogP contribution in [0.25, 0.3) is 0 Å². The maximum atomic E-state index is 14.1. The summed E-state index contributed by atoms with van der Waals surface area (Å²) >= 11 is 11.2. The number of aliphatic hydroxyl groups is 4. The lowest BCUT2D eigenvalue weighted by Gasteiger charge is -2.23. The van der Waals surface area contributed by atoms with E-state index in [1.807, 2.05) is 136 Å².